The summed E-state index contributed by atoms with van der Waals surface area (Å²) in [7, 11) is -3.82. The standard InChI is InChI=1S/C26H20FN5O3S2/c27-19-7-12-23-22(14-19)24(30-31-26(36)29-20-8-10-21(11-9-20)37(28,34)35)25(33)32(23)15-16-5-6-17-3-1-2-4-18(17)13-16/h1-14,33H,15H2,(H,29,36)(H2,28,34,35). The number of rotatable bonds is 5. The molecular weight excluding hydrogens is 513 g/mol. The average Bonchev–Trinajstić information content (AvgIpc) is 3.12. The van der Waals surface area contributed by atoms with Crippen molar-refractivity contribution in [2.75, 3.05) is 5.32 Å². The zero-order chi connectivity index (χ0) is 26.2. The molecule has 0 aliphatic carbocycles. The molecule has 8 nitrogen and oxygen atoms in total. The number of aromatic hydroxyl groups is 1. The lowest BCUT2D eigenvalue weighted by Crippen LogP contribution is -2.12. The van der Waals surface area contributed by atoms with Crippen LogP contribution >= 0.6 is 12.2 Å². The van der Waals surface area contributed by atoms with Gasteiger partial charge in [0, 0.05) is 11.1 Å². The van der Waals surface area contributed by atoms with Crippen molar-refractivity contribution in [3.05, 3.63) is 96.3 Å². The van der Waals surface area contributed by atoms with Crippen LogP contribution in [0.4, 0.5) is 15.8 Å². The van der Waals surface area contributed by atoms with Crippen LogP contribution in [0, 0.1) is 5.82 Å². The van der Waals surface area contributed by atoms with Crippen LogP contribution in [0.25, 0.3) is 21.7 Å². The van der Waals surface area contributed by atoms with Crippen LogP contribution in [0.1, 0.15) is 5.56 Å². The minimum atomic E-state index is -3.82. The molecule has 186 valence electrons. The fourth-order valence-corrected chi connectivity index (χ4v) is 4.72. The molecule has 0 saturated carbocycles. The summed E-state index contributed by atoms with van der Waals surface area (Å²) in [5.41, 5.74) is 2.06. The number of hydrogen-bond donors (Lipinski definition) is 3. The highest BCUT2D eigenvalue weighted by Crippen LogP contribution is 2.40. The van der Waals surface area contributed by atoms with E-state index < -0.39 is 15.8 Å². The van der Waals surface area contributed by atoms with Gasteiger partial charge in [0.15, 0.2) is 5.69 Å². The average molecular weight is 534 g/mol. The number of nitrogens with one attached hydrogen (secondary N) is 1. The van der Waals surface area contributed by atoms with Crippen LogP contribution < -0.4 is 10.5 Å². The Balaban J connectivity index is 1.44. The van der Waals surface area contributed by atoms with Gasteiger partial charge in [-0.25, -0.2) is 17.9 Å². The molecule has 1 aromatic heterocycles. The van der Waals surface area contributed by atoms with E-state index in [2.05, 4.69) is 15.5 Å². The molecule has 0 bridgehead atoms. The van der Waals surface area contributed by atoms with Gasteiger partial charge < -0.3 is 15.0 Å². The molecule has 11 heteroatoms. The van der Waals surface area contributed by atoms with E-state index in [0.717, 1.165) is 16.3 Å². The number of anilines is 1. The molecule has 0 radical (unpaired) electrons. The summed E-state index contributed by atoms with van der Waals surface area (Å²) >= 11 is 5.21. The summed E-state index contributed by atoms with van der Waals surface area (Å²) in [4.78, 5) is -0.0447. The minimum Gasteiger partial charge on any atom is -0.493 e. The summed E-state index contributed by atoms with van der Waals surface area (Å²) in [6.07, 6.45) is 0. The first kappa shape index (κ1) is 24.5. The number of thiocarbonyl (C=S) groups is 1. The number of sulfonamides is 1. The molecular formula is C26H20FN5O3S2. The topological polar surface area (TPSA) is 122 Å². The second-order valence-corrected chi connectivity index (χ2v) is 10.2. The van der Waals surface area contributed by atoms with Crippen LogP contribution in [-0.2, 0) is 16.6 Å². The van der Waals surface area contributed by atoms with E-state index in [1.807, 2.05) is 42.5 Å². The molecule has 0 spiro atoms. The molecule has 0 unspecified atom stereocenters. The van der Waals surface area contributed by atoms with Gasteiger partial charge in [-0.05, 0) is 77.1 Å². The van der Waals surface area contributed by atoms with Gasteiger partial charge in [0.05, 0.1) is 17.0 Å². The summed E-state index contributed by atoms with van der Waals surface area (Å²) in [6.45, 7) is 0.327. The third-order valence-corrected chi connectivity index (χ3v) is 6.91. The number of aromatic nitrogens is 1. The molecule has 1 heterocycles. The Labute approximate surface area is 216 Å². The summed E-state index contributed by atoms with van der Waals surface area (Å²) < 4.78 is 38.6. The zero-order valence-corrected chi connectivity index (χ0v) is 20.8. The molecule has 5 rings (SSSR count). The quantitative estimate of drug-likeness (QED) is 0.194. The highest BCUT2D eigenvalue weighted by atomic mass is 32.2. The van der Waals surface area contributed by atoms with E-state index in [1.165, 1.54) is 36.4 Å². The number of hydrogen-bond acceptors (Lipinski definition) is 5. The SMILES string of the molecule is NS(=O)(=O)c1ccc(NC(=S)N=Nc2c(O)n(Cc3ccc4ccccc4c3)c3ccc(F)cc23)cc1. The molecule has 37 heavy (non-hydrogen) atoms. The van der Waals surface area contributed by atoms with Crippen molar-refractivity contribution in [3.63, 3.8) is 0 Å². The first-order chi connectivity index (χ1) is 17.7. The number of fused-ring (bicyclic) bond motifs is 2. The fraction of sp³-hybridized carbons (Fsp3) is 0.0385. The van der Waals surface area contributed by atoms with E-state index in [0.29, 0.717) is 23.1 Å². The van der Waals surface area contributed by atoms with Gasteiger partial charge in [-0.2, -0.15) is 0 Å². The van der Waals surface area contributed by atoms with Crippen molar-refractivity contribution in [1.29, 1.82) is 0 Å². The Kier molecular flexibility index (Phi) is 6.42. The Bertz CT molecular complexity index is 1800. The van der Waals surface area contributed by atoms with Gasteiger partial charge >= 0.3 is 0 Å². The van der Waals surface area contributed by atoms with E-state index in [4.69, 9.17) is 17.4 Å². The number of nitrogens with two attached hydrogens (primary N) is 1. The molecule has 0 saturated heterocycles. The fourth-order valence-electron chi connectivity index (χ4n) is 4.05. The molecule has 4 N–H and O–H groups in total. The van der Waals surface area contributed by atoms with Gasteiger partial charge in [0.2, 0.25) is 21.0 Å². The van der Waals surface area contributed by atoms with Crippen molar-refractivity contribution in [1.82, 2.24) is 4.57 Å². The van der Waals surface area contributed by atoms with Crippen LogP contribution in [0.15, 0.2) is 100 Å². The zero-order valence-electron chi connectivity index (χ0n) is 19.2. The third kappa shape index (κ3) is 5.19. The lowest BCUT2D eigenvalue weighted by atomic mass is 10.1. The second-order valence-electron chi connectivity index (χ2n) is 8.30. The highest BCUT2D eigenvalue weighted by molar-refractivity contribution is 7.89. The molecule has 0 fully saturated rings. The van der Waals surface area contributed by atoms with Gasteiger partial charge in [-0.15, -0.1) is 10.2 Å². The van der Waals surface area contributed by atoms with Crippen LogP contribution in [0.2, 0.25) is 0 Å². The Hall–Kier alpha value is -4.19. The number of primary sulfonamides is 1. The lowest BCUT2D eigenvalue weighted by Gasteiger charge is -2.08. The minimum absolute atomic E-state index is 0.0447. The maximum absolute atomic E-state index is 14.1. The van der Waals surface area contributed by atoms with Gasteiger partial charge in [0.25, 0.3) is 0 Å². The predicted octanol–water partition coefficient (Wildman–Crippen LogP) is 5.82. The van der Waals surface area contributed by atoms with Crippen molar-refractivity contribution in [3.8, 4) is 5.88 Å². The number of halogens is 1. The molecule has 0 aliphatic rings. The van der Waals surface area contributed by atoms with Crippen LogP contribution in [-0.4, -0.2) is 23.2 Å². The lowest BCUT2D eigenvalue weighted by molar-refractivity contribution is 0.429. The summed E-state index contributed by atoms with van der Waals surface area (Å²) in [5.74, 6) is -0.666. The van der Waals surface area contributed by atoms with Crippen molar-refractivity contribution < 1.29 is 17.9 Å². The normalized spacial score (nSPS) is 11.9. The predicted molar refractivity (Wildman–Crippen MR) is 145 cm³/mol. The summed E-state index contributed by atoms with van der Waals surface area (Å²) in [5, 5.41) is 29.5. The first-order valence-electron chi connectivity index (χ1n) is 11.0. The number of azo groups is 1. The van der Waals surface area contributed by atoms with E-state index >= 15 is 0 Å². The van der Waals surface area contributed by atoms with Crippen LogP contribution in [0.5, 0.6) is 5.88 Å². The molecule has 0 atom stereocenters. The molecule has 5 aromatic rings. The van der Waals surface area contributed by atoms with E-state index in [1.54, 1.807) is 10.6 Å². The number of benzene rings is 4. The monoisotopic (exact) mass is 533 g/mol. The third-order valence-electron chi connectivity index (χ3n) is 5.80. The van der Waals surface area contributed by atoms with Crippen molar-refractivity contribution >= 4 is 60.4 Å². The molecule has 0 aliphatic heterocycles. The van der Waals surface area contributed by atoms with Gasteiger partial charge in [-0.3, -0.25) is 0 Å². The molecule has 0 amide bonds. The Morgan fingerprint density at radius 3 is 2.46 bits per heavy atom. The first-order valence-corrected chi connectivity index (χ1v) is 13.0. The van der Waals surface area contributed by atoms with Gasteiger partial charge in [-0.1, -0.05) is 36.4 Å². The number of nitrogens with zero attached hydrogens (tertiary/aromatic N) is 3. The highest BCUT2D eigenvalue weighted by Gasteiger charge is 2.18. The van der Waals surface area contributed by atoms with E-state index in [-0.39, 0.29) is 21.6 Å². The largest absolute Gasteiger partial charge is 0.493 e. The van der Waals surface area contributed by atoms with Crippen molar-refractivity contribution in [2.45, 2.75) is 11.4 Å². The maximum Gasteiger partial charge on any atom is 0.238 e. The molecule has 4 aromatic carbocycles. The maximum atomic E-state index is 14.1. The second kappa shape index (κ2) is 9.69. The van der Waals surface area contributed by atoms with Crippen LogP contribution in [0.3, 0.4) is 0 Å². The van der Waals surface area contributed by atoms with E-state index in [9.17, 15) is 17.9 Å². The Morgan fingerprint density at radius 2 is 1.73 bits per heavy atom. The Morgan fingerprint density at radius 1 is 1.00 bits per heavy atom. The summed E-state index contributed by atoms with van der Waals surface area (Å²) in [6, 6.07) is 23.8. The van der Waals surface area contributed by atoms with Crippen molar-refractivity contribution in [2.24, 2.45) is 15.4 Å². The van der Waals surface area contributed by atoms with Gasteiger partial charge in [0.1, 0.15) is 5.82 Å². The smallest absolute Gasteiger partial charge is 0.238 e.